The van der Waals surface area contributed by atoms with E-state index in [9.17, 15) is 18.0 Å². The molecule has 0 spiro atoms. The van der Waals surface area contributed by atoms with Crippen LogP contribution >= 0.6 is 0 Å². The van der Waals surface area contributed by atoms with Gasteiger partial charge in [-0.2, -0.15) is 18.2 Å². The first kappa shape index (κ1) is 9.82. The Morgan fingerprint density at radius 1 is 1.33 bits per heavy atom. The van der Waals surface area contributed by atoms with Crippen LogP contribution in [0.25, 0.3) is 6.08 Å². The summed E-state index contributed by atoms with van der Waals surface area (Å²) in [5.74, 6) is -3.36. The molecule has 6 heteroatoms. The molecule has 1 aromatic heterocycles. The van der Waals surface area contributed by atoms with Crippen molar-refractivity contribution in [1.82, 2.24) is 4.98 Å². The lowest BCUT2D eigenvalue weighted by Gasteiger charge is -2.14. The summed E-state index contributed by atoms with van der Waals surface area (Å²) in [6.07, 6.45) is -2.37. The zero-order chi connectivity index (χ0) is 11.1. The van der Waals surface area contributed by atoms with Crippen LogP contribution < -0.4 is 10.7 Å². The monoisotopic (exact) mass is 214 g/mol. The number of pyridine rings is 1. The lowest BCUT2D eigenvalue weighted by Crippen LogP contribution is -2.40. The van der Waals surface area contributed by atoms with Crippen LogP contribution in [0.2, 0.25) is 0 Å². The van der Waals surface area contributed by atoms with Crippen molar-refractivity contribution in [2.45, 2.75) is 6.18 Å². The predicted octanol–water partition coefficient (Wildman–Crippen LogP) is 0.200. The summed E-state index contributed by atoms with van der Waals surface area (Å²) < 4.78 is 37.1. The van der Waals surface area contributed by atoms with Crippen LogP contribution in [0.3, 0.4) is 0 Å². The van der Waals surface area contributed by atoms with E-state index in [2.05, 4.69) is 9.98 Å². The predicted molar refractivity (Wildman–Crippen MR) is 44.0 cm³/mol. The van der Waals surface area contributed by atoms with Crippen molar-refractivity contribution in [2.24, 2.45) is 10.9 Å². The molecular formula is C9H5F3N2O. The maximum absolute atomic E-state index is 12.4. The molecule has 1 aromatic rings. The molecule has 78 valence electrons. The van der Waals surface area contributed by atoms with Crippen molar-refractivity contribution in [3.05, 3.63) is 29.0 Å². The average Bonchev–Trinajstić information content (AvgIpc) is 2.15. The number of hydrogen-bond donors (Lipinski definition) is 0. The van der Waals surface area contributed by atoms with E-state index in [1.165, 1.54) is 18.3 Å². The fourth-order valence-corrected chi connectivity index (χ4v) is 1.29. The maximum atomic E-state index is 12.4. The summed E-state index contributed by atoms with van der Waals surface area (Å²) in [5, 5.41) is 0.236. The van der Waals surface area contributed by atoms with Gasteiger partial charge in [-0.05, 0) is 12.1 Å². The van der Waals surface area contributed by atoms with Crippen LogP contribution in [0.15, 0.2) is 23.3 Å². The number of hydrogen-bond acceptors (Lipinski definition) is 2. The van der Waals surface area contributed by atoms with Gasteiger partial charge in [0, 0.05) is 11.4 Å². The number of halogens is 3. The van der Waals surface area contributed by atoms with E-state index in [1.54, 1.807) is 0 Å². The van der Waals surface area contributed by atoms with Crippen molar-refractivity contribution in [1.29, 1.82) is 0 Å². The molecule has 1 unspecified atom stereocenters. The molecule has 15 heavy (non-hydrogen) atoms. The Labute approximate surface area is 82.0 Å². The molecule has 1 aliphatic rings. The number of carbonyl (C=O) groups is 1. The number of nitrogens with zero attached hydrogens (tertiary/aromatic N) is 2. The molecule has 0 saturated heterocycles. The second-order valence-electron chi connectivity index (χ2n) is 3.05. The molecule has 3 nitrogen and oxygen atoms in total. The van der Waals surface area contributed by atoms with Crippen LogP contribution in [0.5, 0.6) is 0 Å². The van der Waals surface area contributed by atoms with Gasteiger partial charge in [-0.15, -0.1) is 0 Å². The fraction of sp³-hybridized carbons (Fsp3) is 0.222. The highest BCUT2D eigenvalue weighted by molar-refractivity contribution is 5.86. The Hall–Kier alpha value is -1.72. The van der Waals surface area contributed by atoms with E-state index < -0.39 is 18.0 Å². The first-order valence-corrected chi connectivity index (χ1v) is 4.10. The van der Waals surface area contributed by atoms with E-state index in [-0.39, 0.29) is 10.7 Å². The summed E-state index contributed by atoms with van der Waals surface area (Å²) in [6.45, 7) is 0. The van der Waals surface area contributed by atoms with Crippen LogP contribution in [0, 0.1) is 5.92 Å². The minimum atomic E-state index is -4.59. The Morgan fingerprint density at radius 3 is 2.73 bits per heavy atom. The molecule has 0 N–H and O–H groups in total. The number of carbonyl (C=O) groups excluding carboxylic acids is 1. The molecule has 1 atom stereocenters. The van der Waals surface area contributed by atoms with E-state index in [1.807, 2.05) is 0 Å². The highest BCUT2D eigenvalue weighted by atomic mass is 19.4. The fourth-order valence-electron chi connectivity index (χ4n) is 1.29. The summed E-state index contributed by atoms with van der Waals surface area (Å²) in [4.78, 5) is 18.0. The van der Waals surface area contributed by atoms with Crippen LogP contribution in [-0.2, 0) is 4.79 Å². The first-order valence-electron chi connectivity index (χ1n) is 4.10. The van der Waals surface area contributed by atoms with Crippen LogP contribution in [-0.4, -0.2) is 17.1 Å². The molecule has 2 heterocycles. The van der Waals surface area contributed by atoms with Crippen molar-refractivity contribution < 1.29 is 18.0 Å². The zero-order valence-corrected chi connectivity index (χ0v) is 7.32. The van der Waals surface area contributed by atoms with Gasteiger partial charge in [-0.3, -0.25) is 4.79 Å². The second kappa shape index (κ2) is 3.15. The number of aromatic nitrogens is 1. The summed E-state index contributed by atoms with van der Waals surface area (Å²) in [7, 11) is 0. The summed E-state index contributed by atoms with van der Waals surface area (Å²) >= 11 is 0. The standard InChI is InChI=1S/C9H5F3N2O/c10-9(11,12)6-4-5-2-1-3-13-7(5)14-8(6)15/h1-4,6H. The molecule has 0 bridgehead atoms. The number of alkyl halides is 3. The van der Waals surface area contributed by atoms with E-state index >= 15 is 0 Å². The molecule has 2 rings (SSSR count). The van der Waals surface area contributed by atoms with E-state index in [4.69, 9.17) is 0 Å². The minimum Gasteiger partial charge on any atom is -0.271 e. The first-order chi connectivity index (χ1) is 6.98. The lowest BCUT2D eigenvalue weighted by molar-refractivity contribution is -0.167. The van der Waals surface area contributed by atoms with E-state index in [0.717, 1.165) is 6.08 Å². The maximum Gasteiger partial charge on any atom is 0.404 e. The normalized spacial score (nSPS) is 20.2. The van der Waals surface area contributed by atoms with Crippen LogP contribution in [0.4, 0.5) is 13.2 Å². The summed E-state index contributed by atoms with van der Waals surface area (Å²) in [6, 6.07) is 2.94. The second-order valence-corrected chi connectivity index (χ2v) is 3.05. The Balaban J connectivity index is 2.62. The SMILES string of the molecule is O=C1N=c2ncccc2=CC1C(F)(F)F. The molecule has 0 aliphatic carbocycles. The largest absolute Gasteiger partial charge is 0.404 e. The highest BCUT2D eigenvalue weighted by Crippen LogP contribution is 2.28. The molecule has 0 aromatic carbocycles. The third-order valence-electron chi connectivity index (χ3n) is 2.00. The van der Waals surface area contributed by atoms with Crippen molar-refractivity contribution in [3.63, 3.8) is 0 Å². The molecule has 0 saturated carbocycles. The molecule has 1 amide bonds. The molecule has 0 radical (unpaired) electrons. The smallest absolute Gasteiger partial charge is 0.271 e. The van der Waals surface area contributed by atoms with Gasteiger partial charge in [0.15, 0.2) is 11.4 Å². The van der Waals surface area contributed by atoms with Crippen LogP contribution in [0.1, 0.15) is 0 Å². The van der Waals surface area contributed by atoms with Gasteiger partial charge in [-0.25, -0.2) is 4.98 Å². The Morgan fingerprint density at radius 2 is 2.07 bits per heavy atom. The Bertz CT molecular complexity index is 521. The topological polar surface area (TPSA) is 42.3 Å². The van der Waals surface area contributed by atoms with Gasteiger partial charge in [0.25, 0.3) is 5.91 Å². The van der Waals surface area contributed by atoms with Crippen molar-refractivity contribution >= 4 is 12.0 Å². The minimum absolute atomic E-state index is 0.0444. The van der Waals surface area contributed by atoms with Gasteiger partial charge >= 0.3 is 6.18 Å². The third-order valence-corrected chi connectivity index (χ3v) is 2.00. The lowest BCUT2D eigenvalue weighted by atomic mass is 10.1. The quantitative estimate of drug-likeness (QED) is 0.619. The van der Waals surface area contributed by atoms with Gasteiger partial charge in [0.05, 0.1) is 0 Å². The number of fused-ring (bicyclic) bond motifs is 1. The van der Waals surface area contributed by atoms with Crippen molar-refractivity contribution in [3.8, 4) is 0 Å². The number of amides is 1. The van der Waals surface area contributed by atoms with Gasteiger partial charge < -0.3 is 0 Å². The van der Waals surface area contributed by atoms with Gasteiger partial charge in [0.1, 0.15) is 0 Å². The Kier molecular flexibility index (Phi) is 2.06. The third kappa shape index (κ3) is 1.74. The average molecular weight is 214 g/mol. The van der Waals surface area contributed by atoms with E-state index in [0.29, 0.717) is 0 Å². The summed E-state index contributed by atoms with van der Waals surface area (Å²) in [5.41, 5.74) is 0.0444. The zero-order valence-electron chi connectivity index (χ0n) is 7.32. The molecular weight excluding hydrogens is 209 g/mol. The number of rotatable bonds is 0. The molecule has 1 aliphatic heterocycles. The van der Waals surface area contributed by atoms with Crippen molar-refractivity contribution in [2.75, 3.05) is 0 Å². The molecule has 0 fully saturated rings. The highest BCUT2D eigenvalue weighted by Gasteiger charge is 2.44. The van der Waals surface area contributed by atoms with Gasteiger partial charge in [-0.1, -0.05) is 6.08 Å². The van der Waals surface area contributed by atoms with Gasteiger partial charge in [0.2, 0.25) is 0 Å².